The summed E-state index contributed by atoms with van der Waals surface area (Å²) >= 11 is 0. The predicted octanol–water partition coefficient (Wildman–Crippen LogP) is 5.55. The Bertz CT molecular complexity index is 1140. The Hall–Kier alpha value is -2.82. The molecule has 2 aromatic carbocycles. The van der Waals surface area contributed by atoms with Crippen LogP contribution in [0.15, 0.2) is 48.5 Å². The van der Waals surface area contributed by atoms with Gasteiger partial charge in [0.05, 0.1) is 17.6 Å². The van der Waals surface area contributed by atoms with Crippen molar-refractivity contribution >= 4 is 22.9 Å². The summed E-state index contributed by atoms with van der Waals surface area (Å²) in [6, 6.07) is 17.3. The number of hydrogen-bond acceptors (Lipinski definition) is 3. The van der Waals surface area contributed by atoms with Crippen molar-refractivity contribution in [1.29, 1.82) is 0 Å². The van der Waals surface area contributed by atoms with Crippen LogP contribution in [0.2, 0.25) is 0 Å². The minimum absolute atomic E-state index is 0.106. The molecule has 3 atom stereocenters. The molecule has 0 radical (unpaired) electrons. The van der Waals surface area contributed by atoms with Crippen LogP contribution >= 0.6 is 0 Å². The molecule has 2 aliphatic rings. The van der Waals surface area contributed by atoms with Crippen LogP contribution in [0, 0.1) is 24.7 Å². The molecule has 1 N–H and O–H groups in total. The van der Waals surface area contributed by atoms with Crippen LogP contribution < -0.4 is 10.2 Å². The molecule has 180 valence electrons. The van der Waals surface area contributed by atoms with Gasteiger partial charge in [0.2, 0.25) is 11.9 Å². The lowest BCUT2D eigenvalue weighted by Crippen LogP contribution is -2.48. The predicted molar refractivity (Wildman–Crippen MR) is 139 cm³/mol. The third-order valence-corrected chi connectivity index (χ3v) is 8.41. The van der Waals surface area contributed by atoms with Gasteiger partial charge in [-0.3, -0.25) is 4.79 Å². The third-order valence-electron chi connectivity index (χ3n) is 8.41. The molecule has 0 spiro atoms. The SMILES string of the molecule is Cc1ccccc1Cn1c(N2CCC(C(=O)NC3CCCC(C)C3C)CC2)nc2ccccc21. The van der Waals surface area contributed by atoms with Crippen molar-refractivity contribution in [3.05, 3.63) is 59.7 Å². The first kappa shape index (κ1) is 22.9. The number of nitrogens with one attached hydrogen (secondary N) is 1. The number of carbonyl (C=O) groups excluding carboxylic acids is 1. The molecule has 1 saturated carbocycles. The Morgan fingerprint density at radius 3 is 2.53 bits per heavy atom. The number of anilines is 1. The highest BCUT2D eigenvalue weighted by atomic mass is 16.2. The Labute approximate surface area is 203 Å². The standard InChI is InChI=1S/C29H38N4O/c1-20-10-8-13-25(22(20)3)30-28(34)23-15-17-32(18-16-23)29-31-26-12-6-7-14-27(26)33(29)19-24-11-5-4-9-21(24)2/h4-7,9,11-12,14,20,22-23,25H,8,10,13,15-19H2,1-3H3,(H,30,34). The summed E-state index contributed by atoms with van der Waals surface area (Å²) in [5.74, 6) is 2.66. The van der Waals surface area contributed by atoms with Gasteiger partial charge in [-0.1, -0.05) is 63.1 Å². The van der Waals surface area contributed by atoms with Gasteiger partial charge in [-0.2, -0.15) is 0 Å². The van der Waals surface area contributed by atoms with Crippen LogP contribution in [0.5, 0.6) is 0 Å². The molecule has 1 aromatic heterocycles. The van der Waals surface area contributed by atoms with Crippen molar-refractivity contribution in [1.82, 2.24) is 14.9 Å². The molecule has 5 heteroatoms. The van der Waals surface area contributed by atoms with E-state index >= 15 is 0 Å². The second-order valence-electron chi connectivity index (χ2n) is 10.6. The van der Waals surface area contributed by atoms with Gasteiger partial charge < -0.3 is 14.8 Å². The number of nitrogens with zero attached hydrogens (tertiary/aromatic N) is 3. The van der Waals surface area contributed by atoms with Crippen molar-refractivity contribution in [2.75, 3.05) is 18.0 Å². The molecule has 1 aliphatic heterocycles. The quantitative estimate of drug-likeness (QED) is 0.545. The molecule has 3 unspecified atom stereocenters. The Balaban J connectivity index is 1.30. The van der Waals surface area contributed by atoms with E-state index in [0.29, 0.717) is 17.9 Å². The summed E-state index contributed by atoms with van der Waals surface area (Å²) in [5.41, 5.74) is 4.82. The van der Waals surface area contributed by atoms with Crippen molar-refractivity contribution in [3.63, 3.8) is 0 Å². The zero-order valence-corrected chi connectivity index (χ0v) is 20.8. The van der Waals surface area contributed by atoms with Crippen molar-refractivity contribution in [3.8, 4) is 0 Å². The van der Waals surface area contributed by atoms with Gasteiger partial charge in [0.1, 0.15) is 0 Å². The zero-order valence-electron chi connectivity index (χ0n) is 20.8. The summed E-state index contributed by atoms with van der Waals surface area (Å²) in [7, 11) is 0. The molecule has 3 aromatic rings. The molecule has 34 heavy (non-hydrogen) atoms. The molecular formula is C29H38N4O. The van der Waals surface area contributed by atoms with E-state index in [4.69, 9.17) is 4.98 Å². The molecule has 2 fully saturated rings. The number of piperidine rings is 1. The van der Waals surface area contributed by atoms with Gasteiger partial charge in [-0.25, -0.2) is 4.98 Å². The van der Waals surface area contributed by atoms with Gasteiger partial charge in [0, 0.05) is 25.0 Å². The molecule has 2 heterocycles. The monoisotopic (exact) mass is 458 g/mol. The highest BCUT2D eigenvalue weighted by molar-refractivity contribution is 5.80. The van der Waals surface area contributed by atoms with Crippen LogP contribution in [-0.4, -0.2) is 34.6 Å². The molecule has 5 nitrogen and oxygen atoms in total. The summed E-state index contributed by atoms with van der Waals surface area (Å²) in [5, 5.41) is 3.42. The van der Waals surface area contributed by atoms with Crippen LogP contribution in [0.4, 0.5) is 5.95 Å². The molecule has 0 bridgehead atoms. The number of fused-ring (bicyclic) bond motifs is 1. The van der Waals surface area contributed by atoms with Crippen molar-refractivity contribution < 1.29 is 4.79 Å². The van der Waals surface area contributed by atoms with Gasteiger partial charge in [0.15, 0.2) is 0 Å². The lowest BCUT2D eigenvalue weighted by atomic mass is 9.78. The highest BCUT2D eigenvalue weighted by Crippen LogP contribution is 2.31. The van der Waals surface area contributed by atoms with Gasteiger partial charge in [0.25, 0.3) is 0 Å². The summed E-state index contributed by atoms with van der Waals surface area (Å²) in [4.78, 5) is 20.5. The summed E-state index contributed by atoms with van der Waals surface area (Å²) in [6.45, 7) is 9.34. The maximum absolute atomic E-state index is 13.1. The number of amides is 1. The maximum atomic E-state index is 13.1. The smallest absolute Gasteiger partial charge is 0.223 e. The Morgan fingerprint density at radius 1 is 1.00 bits per heavy atom. The highest BCUT2D eigenvalue weighted by Gasteiger charge is 2.32. The van der Waals surface area contributed by atoms with E-state index in [1.807, 2.05) is 0 Å². The van der Waals surface area contributed by atoms with Crippen LogP contribution in [-0.2, 0) is 11.3 Å². The molecule has 1 aliphatic carbocycles. The first-order valence-electron chi connectivity index (χ1n) is 13.1. The fraction of sp³-hybridized carbons (Fsp3) is 0.517. The topological polar surface area (TPSA) is 50.2 Å². The number of carbonyl (C=O) groups is 1. The number of aromatic nitrogens is 2. The molecule has 5 rings (SSSR count). The molecule has 1 saturated heterocycles. The van der Waals surface area contributed by atoms with Crippen LogP contribution in [0.3, 0.4) is 0 Å². The molecule has 1 amide bonds. The summed E-state index contributed by atoms with van der Waals surface area (Å²) in [6.07, 6.45) is 5.41. The minimum Gasteiger partial charge on any atom is -0.353 e. The van der Waals surface area contributed by atoms with E-state index in [9.17, 15) is 4.79 Å². The largest absolute Gasteiger partial charge is 0.353 e. The van der Waals surface area contributed by atoms with Gasteiger partial charge in [-0.05, 0) is 61.3 Å². The first-order valence-corrected chi connectivity index (χ1v) is 13.1. The summed E-state index contributed by atoms with van der Waals surface area (Å²) < 4.78 is 2.35. The number of hydrogen-bond donors (Lipinski definition) is 1. The van der Waals surface area contributed by atoms with Crippen molar-refractivity contribution in [2.45, 2.75) is 65.5 Å². The normalized spacial score (nSPS) is 23.9. The van der Waals surface area contributed by atoms with Crippen LogP contribution in [0.1, 0.15) is 57.1 Å². The fourth-order valence-corrected chi connectivity index (χ4v) is 5.85. The average Bonchev–Trinajstić information content (AvgIpc) is 3.22. The van der Waals surface area contributed by atoms with Crippen molar-refractivity contribution in [2.24, 2.45) is 17.8 Å². The lowest BCUT2D eigenvalue weighted by Gasteiger charge is -2.37. The third kappa shape index (κ3) is 4.57. The van der Waals surface area contributed by atoms with Gasteiger partial charge >= 0.3 is 0 Å². The van der Waals surface area contributed by atoms with E-state index in [2.05, 4.69) is 84.1 Å². The lowest BCUT2D eigenvalue weighted by molar-refractivity contribution is -0.127. The fourth-order valence-electron chi connectivity index (χ4n) is 5.85. The van der Waals surface area contributed by atoms with E-state index in [1.165, 1.54) is 29.5 Å². The zero-order chi connectivity index (χ0) is 23.7. The average molecular weight is 459 g/mol. The van der Waals surface area contributed by atoms with E-state index in [0.717, 1.165) is 50.4 Å². The van der Waals surface area contributed by atoms with Gasteiger partial charge in [-0.15, -0.1) is 0 Å². The number of benzene rings is 2. The first-order chi connectivity index (χ1) is 16.5. The molecular weight excluding hydrogens is 420 g/mol. The number of para-hydroxylation sites is 2. The second-order valence-corrected chi connectivity index (χ2v) is 10.6. The second kappa shape index (κ2) is 9.81. The number of aryl methyl sites for hydroxylation is 1. The number of imidazole rings is 1. The van der Waals surface area contributed by atoms with Crippen LogP contribution in [0.25, 0.3) is 11.0 Å². The Morgan fingerprint density at radius 2 is 1.74 bits per heavy atom. The maximum Gasteiger partial charge on any atom is 0.223 e. The van der Waals surface area contributed by atoms with E-state index in [1.54, 1.807) is 0 Å². The van der Waals surface area contributed by atoms with E-state index < -0.39 is 0 Å². The van der Waals surface area contributed by atoms with E-state index in [-0.39, 0.29) is 11.8 Å². The minimum atomic E-state index is 0.106. The Kier molecular flexibility index (Phi) is 6.62. The number of rotatable bonds is 5.